The first kappa shape index (κ1) is 21.0. The van der Waals surface area contributed by atoms with E-state index in [0.717, 1.165) is 30.6 Å². The monoisotopic (exact) mass is 409 g/mol. The van der Waals surface area contributed by atoms with E-state index in [-0.39, 0.29) is 18.7 Å². The first-order valence-electron chi connectivity index (χ1n) is 9.83. The standard InChI is InChI=1S/C23H27N3O2S/c24-20(13-18-7-3-1-4-8-18)11-12-21(14-19-9-5-2-6-10-19)26-23(27)28-16-22-15-25-17-29-22/h1-10,15,17,20-21H,11-14,16,24H2,(H,26,27)/t20-,21-/m0/s1. The molecule has 0 unspecified atom stereocenters. The summed E-state index contributed by atoms with van der Waals surface area (Å²) in [5, 5.41) is 3.01. The minimum Gasteiger partial charge on any atom is -0.444 e. The van der Waals surface area contributed by atoms with Gasteiger partial charge >= 0.3 is 6.09 Å². The number of hydrogen-bond acceptors (Lipinski definition) is 5. The van der Waals surface area contributed by atoms with Crippen molar-refractivity contribution < 1.29 is 9.53 Å². The summed E-state index contributed by atoms with van der Waals surface area (Å²) in [7, 11) is 0. The molecule has 1 aromatic heterocycles. The van der Waals surface area contributed by atoms with Crippen LogP contribution in [0.5, 0.6) is 0 Å². The minimum absolute atomic E-state index is 0.0341. The van der Waals surface area contributed by atoms with Crippen LogP contribution >= 0.6 is 11.3 Å². The van der Waals surface area contributed by atoms with E-state index in [0.29, 0.717) is 0 Å². The molecule has 29 heavy (non-hydrogen) atoms. The summed E-state index contributed by atoms with van der Waals surface area (Å²) in [6.45, 7) is 0.238. The molecule has 3 N–H and O–H groups in total. The average Bonchev–Trinajstić information content (AvgIpc) is 3.26. The number of hydrogen-bond donors (Lipinski definition) is 2. The van der Waals surface area contributed by atoms with Crippen LogP contribution in [0.25, 0.3) is 0 Å². The van der Waals surface area contributed by atoms with Gasteiger partial charge in [-0.05, 0) is 36.8 Å². The van der Waals surface area contributed by atoms with Gasteiger partial charge in [-0.1, -0.05) is 60.7 Å². The Kier molecular flexibility index (Phi) is 8.22. The highest BCUT2D eigenvalue weighted by Gasteiger charge is 2.16. The highest BCUT2D eigenvalue weighted by atomic mass is 32.1. The lowest BCUT2D eigenvalue weighted by Gasteiger charge is -2.21. The van der Waals surface area contributed by atoms with E-state index in [1.165, 1.54) is 22.5 Å². The van der Waals surface area contributed by atoms with E-state index in [1.807, 2.05) is 36.4 Å². The third-order valence-corrected chi connectivity index (χ3v) is 5.46. The molecule has 1 amide bonds. The van der Waals surface area contributed by atoms with Gasteiger partial charge in [0.25, 0.3) is 0 Å². The first-order valence-corrected chi connectivity index (χ1v) is 10.7. The van der Waals surface area contributed by atoms with Gasteiger partial charge in [-0.2, -0.15) is 0 Å². The molecule has 2 atom stereocenters. The minimum atomic E-state index is -0.407. The lowest BCUT2D eigenvalue weighted by Crippen LogP contribution is -2.38. The highest BCUT2D eigenvalue weighted by Crippen LogP contribution is 2.13. The largest absolute Gasteiger partial charge is 0.444 e. The molecule has 5 nitrogen and oxygen atoms in total. The van der Waals surface area contributed by atoms with E-state index in [9.17, 15) is 4.79 Å². The number of carbonyl (C=O) groups excluding carboxylic acids is 1. The molecule has 2 aromatic carbocycles. The van der Waals surface area contributed by atoms with Crippen LogP contribution in [-0.2, 0) is 24.2 Å². The summed E-state index contributed by atoms with van der Waals surface area (Å²) in [6, 6.07) is 20.4. The zero-order chi connectivity index (χ0) is 20.3. The fourth-order valence-corrected chi connectivity index (χ4v) is 3.72. The van der Waals surface area contributed by atoms with Crippen LogP contribution in [0.15, 0.2) is 72.4 Å². The molecule has 1 heterocycles. The second-order valence-corrected chi connectivity index (χ2v) is 8.07. The highest BCUT2D eigenvalue weighted by molar-refractivity contribution is 7.09. The number of rotatable bonds is 10. The molecular weight excluding hydrogens is 382 g/mol. The molecule has 152 valence electrons. The van der Waals surface area contributed by atoms with E-state index >= 15 is 0 Å². The lowest BCUT2D eigenvalue weighted by atomic mass is 9.96. The van der Waals surface area contributed by atoms with E-state index in [4.69, 9.17) is 10.5 Å². The normalized spacial score (nSPS) is 12.9. The predicted octanol–water partition coefficient (Wildman–Crippen LogP) is 4.33. The number of benzene rings is 2. The van der Waals surface area contributed by atoms with Crippen LogP contribution in [0.4, 0.5) is 4.79 Å². The molecular formula is C23H27N3O2S. The van der Waals surface area contributed by atoms with E-state index in [1.54, 1.807) is 11.7 Å². The molecule has 0 aliphatic rings. The maximum atomic E-state index is 12.3. The van der Waals surface area contributed by atoms with Crippen LogP contribution < -0.4 is 11.1 Å². The number of nitrogens with two attached hydrogens (primary N) is 1. The molecule has 0 spiro atoms. The van der Waals surface area contributed by atoms with Gasteiger partial charge in [0.1, 0.15) is 6.61 Å². The second kappa shape index (κ2) is 11.3. The molecule has 3 aromatic rings. The summed E-state index contributed by atoms with van der Waals surface area (Å²) >= 11 is 1.47. The zero-order valence-corrected chi connectivity index (χ0v) is 17.2. The summed E-state index contributed by atoms with van der Waals surface area (Å²) in [5.41, 5.74) is 10.5. The van der Waals surface area contributed by atoms with Crippen molar-refractivity contribution in [1.82, 2.24) is 10.3 Å². The van der Waals surface area contributed by atoms with Crippen molar-refractivity contribution in [3.05, 3.63) is 88.4 Å². The Bertz CT molecular complexity index is 841. The van der Waals surface area contributed by atoms with Gasteiger partial charge in [0.15, 0.2) is 0 Å². The average molecular weight is 410 g/mol. The van der Waals surface area contributed by atoms with Gasteiger partial charge < -0.3 is 15.8 Å². The predicted molar refractivity (Wildman–Crippen MR) is 117 cm³/mol. The quantitative estimate of drug-likeness (QED) is 0.522. The smallest absolute Gasteiger partial charge is 0.407 e. The number of thiazole rings is 1. The topological polar surface area (TPSA) is 77.2 Å². The van der Waals surface area contributed by atoms with Crippen molar-refractivity contribution in [1.29, 1.82) is 0 Å². The van der Waals surface area contributed by atoms with Gasteiger partial charge in [0.2, 0.25) is 0 Å². The van der Waals surface area contributed by atoms with Crippen LogP contribution in [-0.4, -0.2) is 23.2 Å². The summed E-state index contributed by atoms with van der Waals surface area (Å²) in [6.07, 6.45) is 4.49. The van der Waals surface area contributed by atoms with Crippen molar-refractivity contribution in [2.24, 2.45) is 5.73 Å². The number of ether oxygens (including phenoxy) is 1. The fraction of sp³-hybridized carbons (Fsp3) is 0.304. The Hall–Kier alpha value is -2.70. The molecule has 0 saturated carbocycles. The third kappa shape index (κ3) is 7.68. The van der Waals surface area contributed by atoms with Gasteiger partial charge in [-0.15, -0.1) is 11.3 Å². The number of nitrogens with one attached hydrogen (secondary N) is 1. The number of amides is 1. The van der Waals surface area contributed by atoms with Gasteiger partial charge in [-0.3, -0.25) is 4.98 Å². The molecule has 0 aliphatic carbocycles. The van der Waals surface area contributed by atoms with Crippen molar-refractivity contribution in [3.63, 3.8) is 0 Å². The molecule has 0 saturated heterocycles. The second-order valence-electron chi connectivity index (χ2n) is 7.10. The van der Waals surface area contributed by atoms with Gasteiger partial charge in [0, 0.05) is 18.3 Å². The number of nitrogens with zero attached hydrogens (tertiary/aromatic N) is 1. The number of aromatic nitrogens is 1. The maximum absolute atomic E-state index is 12.3. The summed E-state index contributed by atoms with van der Waals surface area (Å²) < 4.78 is 5.35. The van der Waals surface area contributed by atoms with Crippen molar-refractivity contribution >= 4 is 17.4 Å². The van der Waals surface area contributed by atoms with Crippen LogP contribution in [0, 0.1) is 0 Å². The molecule has 3 rings (SSSR count). The van der Waals surface area contributed by atoms with E-state index in [2.05, 4.69) is 34.6 Å². The molecule has 0 bridgehead atoms. The van der Waals surface area contributed by atoms with Crippen molar-refractivity contribution in [3.8, 4) is 0 Å². The van der Waals surface area contributed by atoms with Crippen LogP contribution in [0.2, 0.25) is 0 Å². The molecule has 6 heteroatoms. The van der Waals surface area contributed by atoms with Gasteiger partial charge in [-0.25, -0.2) is 4.79 Å². The van der Waals surface area contributed by atoms with E-state index < -0.39 is 6.09 Å². The summed E-state index contributed by atoms with van der Waals surface area (Å²) in [5.74, 6) is 0. The first-order chi connectivity index (χ1) is 14.2. The zero-order valence-electron chi connectivity index (χ0n) is 16.4. The molecule has 0 aliphatic heterocycles. The Morgan fingerprint density at radius 2 is 1.66 bits per heavy atom. The molecule has 0 radical (unpaired) electrons. The summed E-state index contributed by atoms with van der Waals surface area (Å²) in [4.78, 5) is 17.2. The maximum Gasteiger partial charge on any atom is 0.407 e. The Morgan fingerprint density at radius 1 is 1.00 bits per heavy atom. The Labute approximate surface area is 175 Å². The fourth-order valence-electron chi connectivity index (χ4n) is 3.22. The lowest BCUT2D eigenvalue weighted by molar-refractivity contribution is 0.135. The molecule has 0 fully saturated rings. The third-order valence-electron chi connectivity index (χ3n) is 4.70. The SMILES string of the molecule is N[C@@H](CC[C@@H](Cc1ccccc1)NC(=O)OCc1cncs1)Cc1ccccc1. The van der Waals surface area contributed by atoms with Crippen molar-refractivity contribution in [2.75, 3.05) is 0 Å². The van der Waals surface area contributed by atoms with Crippen LogP contribution in [0.1, 0.15) is 28.8 Å². The van der Waals surface area contributed by atoms with Crippen molar-refractivity contribution in [2.45, 2.75) is 44.4 Å². The number of carbonyl (C=O) groups is 1. The number of alkyl carbamates (subject to hydrolysis) is 1. The Balaban J connectivity index is 1.52. The van der Waals surface area contributed by atoms with Gasteiger partial charge in [0.05, 0.1) is 10.4 Å². The Morgan fingerprint density at radius 3 is 2.28 bits per heavy atom. The van der Waals surface area contributed by atoms with Crippen LogP contribution in [0.3, 0.4) is 0 Å².